The van der Waals surface area contributed by atoms with Crippen molar-refractivity contribution in [1.82, 2.24) is 4.90 Å². The number of carbonyl (C=O) groups excluding carboxylic acids is 3. The number of rotatable bonds is 2. The van der Waals surface area contributed by atoms with Crippen LogP contribution in [0.1, 0.15) is 6.42 Å². The molecule has 1 fully saturated rings. The van der Waals surface area contributed by atoms with Gasteiger partial charge in [-0.15, -0.1) is 0 Å². The average molecular weight is 309 g/mol. The van der Waals surface area contributed by atoms with Gasteiger partial charge in [-0.05, 0) is 24.3 Å². The SMILES string of the molecule is O=C(Nc1ccccc1)N1CCC(=O)N(c2ccccc2)C1=O. The molecular formula is C17H15N3O3. The van der Waals surface area contributed by atoms with Crippen molar-refractivity contribution >= 4 is 29.3 Å². The van der Waals surface area contributed by atoms with E-state index in [0.717, 1.165) is 9.80 Å². The number of nitrogens with zero attached hydrogens (tertiary/aromatic N) is 2. The van der Waals surface area contributed by atoms with E-state index in [1.807, 2.05) is 6.07 Å². The van der Waals surface area contributed by atoms with Crippen LogP contribution < -0.4 is 10.2 Å². The lowest BCUT2D eigenvalue weighted by Gasteiger charge is -2.32. The molecule has 2 aromatic carbocycles. The second-order valence-electron chi connectivity index (χ2n) is 5.05. The molecule has 0 saturated carbocycles. The number of hydrogen-bond donors (Lipinski definition) is 1. The number of nitrogens with one attached hydrogen (secondary N) is 1. The fourth-order valence-electron chi connectivity index (χ4n) is 2.37. The van der Waals surface area contributed by atoms with E-state index in [0.29, 0.717) is 11.4 Å². The number of para-hydroxylation sites is 2. The second-order valence-corrected chi connectivity index (χ2v) is 5.05. The van der Waals surface area contributed by atoms with Crippen molar-refractivity contribution in [2.24, 2.45) is 0 Å². The lowest BCUT2D eigenvalue weighted by molar-refractivity contribution is -0.118. The summed E-state index contributed by atoms with van der Waals surface area (Å²) in [6.45, 7) is 0.0691. The summed E-state index contributed by atoms with van der Waals surface area (Å²) in [6, 6.07) is 16.3. The largest absolute Gasteiger partial charge is 0.339 e. The molecule has 0 spiro atoms. The molecule has 0 bridgehead atoms. The Labute approximate surface area is 133 Å². The first-order valence-corrected chi connectivity index (χ1v) is 7.22. The van der Waals surface area contributed by atoms with Gasteiger partial charge in [0.1, 0.15) is 0 Å². The molecule has 1 aliphatic heterocycles. The van der Waals surface area contributed by atoms with Crippen LogP contribution in [-0.4, -0.2) is 29.4 Å². The van der Waals surface area contributed by atoms with E-state index >= 15 is 0 Å². The number of amides is 5. The maximum Gasteiger partial charge on any atom is 0.339 e. The van der Waals surface area contributed by atoms with E-state index in [4.69, 9.17) is 0 Å². The monoisotopic (exact) mass is 309 g/mol. The highest BCUT2D eigenvalue weighted by Crippen LogP contribution is 2.21. The minimum atomic E-state index is -0.638. The number of hydrogen-bond acceptors (Lipinski definition) is 3. The average Bonchev–Trinajstić information content (AvgIpc) is 2.57. The van der Waals surface area contributed by atoms with Crippen LogP contribution in [0.25, 0.3) is 0 Å². The summed E-state index contributed by atoms with van der Waals surface area (Å²) in [5, 5.41) is 2.66. The van der Waals surface area contributed by atoms with E-state index in [2.05, 4.69) is 5.32 Å². The maximum absolute atomic E-state index is 12.5. The summed E-state index contributed by atoms with van der Waals surface area (Å²) in [4.78, 5) is 39.0. The Morgan fingerprint density at radius 1 is 0.913 bits per heavy atom. The Balaban J connectivity index is 1.80. The molecule has 116 valence electrons. The molecule has 2 aromatic rings. The van der Waals surface area contributed by atoms with Crippen LogP contribution in [0.2, 0.25) is 0 Å². The quantitative estimate of drug-likeness (QED) is 0.927. The third kappa shape index (κ3) is 3.06. The van der Waals surface area contributed by atoms with E-state index in [1.165, 1.54) is 0 Å². The van der Waals surface area contributed by atoms with Gasteiger partial charge in [0.15, 0.2) is 0 Å². The third-order valence-electron chi connectivity index (χ3n) is 3.51. The fraction of sp³-hybridized carbons (Fsp3) is 0.118. The first kappa shape index (κ1) is 14.8. The Bertz CT molecular complexity index is 731. The molecule has 0 radical (unpaired) electrons. The number of imide groups is 2. The Hall–Kier alpha value is -3.15. The second kappa shape index (κ2) is 6.31. The lowest BCUT2D eigenvalue weighted by Crippen LogP contribution is -2.55. The first-order chi connectivity index (χ1) is 11.2. The van der Waals surface area contributed by atoms with E-state index in [-0.39, 0.29) is 18.9 Å². The molecule has 3 rings (SSSR count). The zero-order valence-corrected chi connectivity index (χ0v) is 12.3. The van der Waals surface area contributed by atoms with Gasteiger partial charge in [0.2, 0.25) is 5.91 Å². The Morgan fingerprint density at radius 2 is 1.52 bits per heavy atom. The van der Waals surface area contributed by atoms with Gasteiger partial charge < -0.3 is 5.32 Å². The molecule has 1 saturated heterocycles. The van der Waals surface area contributed by atoms with Gasteiger partial charge >= 0.3 is 12.1 Å². The topological polar surface area (TPSA) is 69.7 Å². The normalized spacial score (nSPS) is 14.8. The molecule has 0 atom stereocenters. The Kier molecular flexibility index (Phi) is 4.05. The molecule has 6 nitrogen and oxygen atoms in total. The minimum Gasteiger partial charge on any atom is -0.307 e. The molecule has 0 unspecified atom stereocenters. The van der Waals surface area contributed by atoms with E-state index < -0.39 is 12.1 Å². The standard InChI is InChI=1S/C17H15N3O3/c21-15-11-12-19(16(22)18-13-7-3-1-4-8-13)17(23)20(15)14-9-5-2-6-10-14/h1-10H,11-12H2,(H,18,22). The summed E-state index contributed by atoms with van der Waals surface area (Å²) >= 11 is 0. The van der Waals surface area contributed by atoms with Crippen molar-refractivity contribution in [3.8, 4) is 0 Å². The van der Waals surface area contributed by atoms with Crippen LogP contribution >= 0.6 is 0 Å². The van der Waals surface area contributed by atoms with Crippen molar-refractivity contribution in [3.63, 3.8) is 0 Å². The van der Waals surface area contributed by atoms with E-state index in [1.54, 1.807) is 54.6 Å². The van der Waals surface area contributed by atoms with Crippen molar-refractivity contribution in [1.29, 1.82) is 0 Å². The minimum absolute atomic E-state index is 0.0691. The number of urea groups is 2. The molecule has 23 heavy (non-hydrogen) atoms. The molecule has 6 heteroatoms. The highest BCUT2D eigenvalue weighted by Gasteiger charge is 2.36. The van der Waals surface area contributed by atoms with Gasteiger partial charge in [0.25, 0.3) is 0 Å². The van der Waals surface area contributed by atoms with Gasteiger partial charge in [-0.25, -0.2) is 19.4 Å². The zero-order chi connectivity index (χ0) is 16.2. The molecule has 5 amide bonds. The predicted molar refractivity (Wildman–Crippen MR) is 86.1 cm³/mol. The predicted octanol–water partition coefficient (Wildman–Crippen LogP) is 3.08. The van der Waals surface area contributed by atoms with Crippen LogP contribution in [0.5, 0.6) is 0 Å². The zero-order valence-electron chi connectivity index (χ0n) is 12.3. The van der Waals surface area contributed by atoms with Gasteiger partial charge in [-0.2, -0.15) is 0 Å². The van der Waals surface area contributed by atoms with Crippen LogP contribution in [0.15, 0.2) is 60.7 Å². The summed E-state index contributed by atoms with van der Waals surface area (Å²) < 4.78 is 0. The number of anilines is 2. The molecule has 1 heterocycles. The maximum atomic E-state index is 12.5. The third-order valence-corrected chi connectivity index (χ3v) is 3.51. The van der Waals surface area contributed by atoms with Crippen LogP contribution in [0.4, 0.5) is 21.0 Å². The highest BCUT2D eigenvalue weighted by molar-refractivity contribution is 6.20. The van der Waals surface area contributed by atoms with Gasteiger partial charge in [0.05, 0.1) is 5.69 Å². The van der Waals surface area contributed by atoms with Crippen LogP contribution in [0, 0.1) is 0 Å². The summed E-state index contributed by atoms with van der Waals surface area (Å²) in [5.74, 6) is -0.315. The van der Waals surface area contributed by atoms with Gasteiger partial charge in [-0.3, -0.25) is 4.79 Å². The lowest BCUT2D eigenvalue weighted by atomic mass is 10.2. The highest BCUT2D eigenvalue weighted by atomic mass is 16.2. The fourth-order valence-corrected chi connectivity index (χ4v) is 2.37. The Morgan fingerprint density at radius 3 is 2.17 bits per heavy atom. The van der Waals surface area contributed by atoms with Gasteiger partial charge in [-0.1, -0.05) is 36.4 Å². The van der Waals surface area contributed by atoms with Crippen LogP contribution in [-0.2, 0) is 4.79 Å². The van der Waals surface area contributed by atoms with Gasteiger partial charge in [0, 0.05) is 18.7 Å². The van der Waals surface area contributed by atoms with Crippen molar-refractivity contribution in [2.75, 3.05) is 16.8 Å². The number of carbonyl (C=O) groups is 3. The molecular weight excluding hydrogens is 294 g/mol. The summed E-state index contributed by atoms with van der Waals surface area (Å²) in [5.41, 5.74) is 1.05. The molecule has 1 N–H and O–H groups in total. The van der Waals surface area contributed by atoms with Crippen molar-refractivity contribution in [2.45, 2.75) is 6.42 Å². The summed E-state index contributed by atoms with van der Waals surface area (Å²) in [6.07, 6.45) is 0.100. The molecule has 0 aromatic heterocycles. The van der Waals surface area contributed by atoms with Crippen LogP contribution in [0.3, 0.4) is 0 Å². The van der Waals surface area contributed by atoms with Crippen molar-refractivity contribution in [3.05, 3.63) is 60.7 Å². The molecule has 0 aliphatic carbocycles. The first-order valence-electron chi connectivity index (χ1n) is 7.22. The smallest absolute Gasteiger partial charge is 0.307 e. The molecule has 1 aliphatic rings. The van der Waals surface area contributed by atoms with E-state index in [9.17, 15) is 14.4 Å². The van der Waals surface area contributed by atoms with Crippen molar-refractivity contribution < 1.29 is 14.4 Å². The summed E-state index contributed by atoms with van der Waals surface area (Å²) in [7, 11) is 0. The number of benzene rings is 2.